The molecule has 25 heavy (non-hydrogen) atoms. The van der Waals surface area contributed by atoms with Crippen LogP contribution in [-0.4, -0.2) is 43.5 Å². The topological polar surface area (TPSA) is 58.6 Å². The molecule has 2 amide bonds. The molecule has 5 heteroatoms. The van der Waals surface area contributed by atoms with Gasteiger partial charge in [0.15, 0.2) is 0 Å². The lowest BCUT2D eigenvalue weighted by Gasteiger charge is -2.17. The van der Waals surface area contributed by atoms with Crippen LogP contribution in [0.2, 0.25) is 0 Å². The van der Waals surface area contributed by atoms with Crippen molar-refractivity contribution in [3.63, 3.8) is 0 Å². The van der Waals surface area contributed by atoms with Gasteiger partial charge in [-0.3, -0.25) is 9.59 Å². The number of ether oxygens (including phenoxy) is 1. The maximum absolute atomic E-state index is 12.4. The Hall–Kier alpha value is -2.04. The van der Waals surface area contributed by atoms with Crippen molar-refractivity contribution in [1.29, 1.82) is 0 Å². The van der Waals surface area contributed by atoms with E-state index in [1.807, 2.05) is 17.0 Å². The highest BCUT2D eigenvalue weighted by molar-refractivity contribution is 5.85. The van der Waals surface area contributed by atoms with E-state index in [9.17, 15) is 9.59 Å². The zero-order valence-electron chi connectivity index (χ0n) is 15.0. The summed E-state index contributed by atoms with van der Waals surface area (Å²) in [6.45, 7) is 1.61. The summed E-state index contributed by atoms with van der Waals surface area (Å²) in [6, 6.07) is 8.06. The molecule has 1 aliphatic carbocycles. The Morgan fingerprint density at radius 2 is 1.88 bits per heavy atom. The van der Waals surface area contributed by atoms with Gasteiger partial charge in [-0.2, -0.15) is 0 Å². The molecule has 1 atom stereocenters. The first kappa shape index (κ1) is 17.8. The number of hydrogen-bond donors (Lipinski definition) is 1. The first-order valence-electron chi connectivity index (χ1n) is 9.34. The lowest BCUT2D eigenvalue weighted by atomic mass is 9.98. The number of hydrogen-bond acceptors (Lipinski definition) is 3. The zero-order chi connectivity index (χ0) is 17.6. The number of nitrogens with zero attached hydrogens (tertiary/aromatic N) is 1. The van der Waals surface area contributed by atoms with Crippen LogP contribution < -0.4 is 10.1 Å². The number of benzene rings is 1. The summed E-state index contributed by atoms with van der Waals surface area (Å²) in [6.07, 6.45) is 6.30. The number of methoxy groups -OCH3 is 1. The summed E-state index contributed by atoms with van der Waals surface area (Å²) in [5.74, 6) is 1.77. The highest BCUT2D eigenvalue weighted by Gasteiger charge is 2.27. The monoisotopic (exact) mass is 344 g/mol. The fourth-order valence-electron chi connectivity index (χ4n) is 3.97. The number of rotatable bonds is 6. The van der Waals surface area contributed by atoms with E-state index in [2.05, 4.69) is 17.4 Å². The molecule has 1 aromatic rings. The van der Waals surface area contributed by atoms with Crippen LogP contribution in [0.5, 0.6) is 5.75 Å². The fourth-order valence-corrected chi connectivity index (χ4v) is 3.97. The van der Waals surface area contributed by atoms with E-state index >= 15 is 0 Å². The van der Waals surface area contributed by atoms with Crippen molar-refractivity contribution in [1.82, 2.24) is 10.2 Å². The lowest BCUT2D eigenvalue weighted by molar-refractivity contribution is -0.132. The Morgan fingerprint density at radius 3 is 2.56 bits per heavy atom. The Morgan fingerprint density at radius 1 is 1.16 bits per heavy atom. The number of nitrogens with one attached hydrogen (secondary N) is 1. The second kappa shape index (κ2) is 8.37. The first-order valence-corrected chi connectivity index (χ1v) is 9.34. The molecule has 1 saturated heterocycles. The normalized spacial score (nSPS) is 20.7. The van der Waals surface area contributed by atoms with Gasteiger partial charge < -0.3 is 15.0 Å². The minimum atomic E-state index is 0.0196. The van der Waals surface area contributed by atoms with E-state index in [0.717, 1.165) is 38.1 Å². The molecule has 1 aromatic carbocycles. The molecule has 5 nitrogen and oxygen atoms in total. The van der Waals surface area contributed by atoms with Crippen LogP contribution in [0.15, 0.2) is 24.3 Å². The van der Waals surface area contributed by atoms with Gasteiger partial charge in [0.25, 0.3) is 0 Å². The summed E-state index contributed by atoms with van der Waals surface area (Å²) < 4.78 is 5.19. The van der Waals surface area contributed by atoms with Crippen molar-refractivity contribution in [3.05, 3.63) is 29.8 Å². The number of likely N-dealkylation sites (tertiary alicyclic amines) is 1. The van der Waals surface area contributed by atoms with Crippen LogP contribution in [-0.2, 0) is 9.59 Å². The summed E-state index contributed by atoms with van der Waals surface area (Å²) in [5, 5.41) is 2.81. The van der Waals surface area contributed by atoms with Gasteiger partial charge in [-0.15, -0.1) is 0 Å². The van der Waals surface area contributed by atoms with Gasteiger partial charge in [0.2, 0.25) is 11.8 Å². The van der Waals surface area contributed by atoms with Crippen LogP contribution in [0.1, 0.15) is 50.0 Å². The largest absolute Gasteiger partial charge is 0.497 e. The van der Waals surface area contributed by atoms with Gasteiger partial charge in [0.05, 0.1) is 13.7 Å². The van der Waals surface area contributed by atoms with Gasteiger partial charge in [-0.25, -0.2) is 0 Å². The molecule has 1 N–H and O–H groups in total. The second-order valence-corrected chi connectivity index (χ2v) is 7.23. The van der Waals surface area contributed by atoms with E-state index < -0.39 is 0 Å². The smallest absolute Gasteiger partial charge is 0.241 e. The van der Waals surface area contributed by atoms with Gasteiger partial charge in [-0.1, -0.05) is 25.0 Å². The third kappa shape index (κ3) is 4.74. The standard InChI is InChI=1S/C20H28N2O3/c1-25-18-8-6-16(7-9-18)17-10-11-22(14-17)20(24)13-21-19(23)12-15-4-2-3-5-15/h6-9,15,17H,2-5,10-14H2,1H3,(H,21,23)/t17-/m0/s1. The van der Waals surface area contributed by atoms with Gasteiger partial charge in [-0.05, 0) is 42.9 Å². The predicted molar refractivity (Wildman–Crippen MR) is 96.5 cm³/mol. The minimum Gasteiger partial charge on any atom is -0.497 e. The molecule has 0 spiro atoms. The maximum atomic E-state index is 12.4. The zero-order valence-corrected chi connectivity index (χ0v) is 15.0. The van der Waals surface area contributed by atoms with E-state index in [0.29, 0.717) is 18.3 Å². The molecule has 0 unspecified atom stereocenters. The molecule has 0 aromatic heterocycles. The Balaban J connectivity index is 1.43. The van der Waals surface area contributed by atoms with Crippen LogP contribution in [0.3, 0.4) is 0 Å². The molecule has 0 radical (unpaired) electrons. The summed E-state index contributed by atoms with van der Waals surface area (Å²) in [7, 11) is 1.66. The van der Waals surface area contributed by atoms with E-state index in [1.54, 1.807) is 7.11 Å². The third-order valence-electron chi connectivity index (χ3n) is 5.51. The summed E-state index contributed by atoms with van der Waals surface area (Å²) in [5.41, 5.74) is 1.24. The average molecular weight is 344 g/mol. The van der Waals surface area contributed by atoms with Gasteiger partial charge in [0, 0.05) is 25.4 Å². The van der Waals surface area contributed by atoms with Crippen LogP contribution >= 0.6 is 0 Å². The van der Waals surface area contributed by atoms with Gasteiger partial charge >= 0.3 is 0 Å². The molecular weight excluding hydrogens is 316 g/mol. The fraction of sp³-hybridized carbons (Fsp3) is 0.600. The molecular formula is C20H28N2O3. The SMILES string of the molecule is COc1ccc([C@H]2CCN(C(=O)CNC(=O)CC3CCCC3)C2)cc1. The Bertz CT molecular complexity index is 593. The molecule has 2 aliphatic rings. The number of amides is 2. The van der Waals surface area contributed by atoms with E-state index in [-0.39, 0.29) is 18.4 Å². The summed E-state index contributed by atoms with van der Waals surface area (Å²) >= 11 is 0. The minimum absolute atomic E-state index is 0.0196. The molecule has 1 aliphatic heterocycles. The number of carbonyl (C=O) groups excluding carboxylic acids is 2. The second-order valence-electron chi connectivity index (χ2n) is 7.23. The van der Waals surface area contributed by atoms with Crippen molar-refractivity contribution in [2.75, 3.05) is 26.7 Å². The van der Waals surface area contributed by atoms with E-state index in [4.69, 9.17) is 4.74 Å². The van der Waals surface area contributed by atoms with Crippen molar-refractivity contribution < 1.29 is 14.3 Å². The third-order valence-corrected chi connectivity index (χ3v) is 5.51. The predicted octanol–water partition coefficient (Wildman–Crippen LogP) is 2.71. The van der Waals surface area contributed by atoms with Crippen LogP contribution in [0, 0.1) is 5.92 Å². The average Bonchev–Trinajstić information content (AvgIpc) is 3.31. The van der Waals surface area contributed by atoms with Crippen molar-refractivity contribution in [2.24, 2.45) is 5.92 Å². The Kier molecular flexibility index (Phi) is 5.95. The molecule has 1 heterocycles. The molecule has 2 fully saturated rings. The van der Waals surface area contributed by atoms with Crippen molar-refractivity contribution in [2.45, 2.75) is 44.4 Å². The molecule has 3 rings (SSSR count). The van der Waals surface area contributed by atoms with Gasteiger partial charge in [0.1, 0.15) is 5.75 Å². The molecule has 1 saturated carbocycles. The highest BCUT2D eigenvalue weighted by atomic mass is 16.5. The molecule has 136 valence electrons. The maximum Gasteiger partial charge on any atom is 0.241 e. The first-order chi connectivity index (χ1) is 12.2. The Labute approximate surface area is 149 Å². The van der Waals surface area contributed by atoms with E-state index in [1.165, 1.54) is 18.4 Å². The van der Waals surface area contributed by atoms with Crippen LogP contribution in [0.25, 0.3) is 0 Å². The summed E-state index contributed by atoms with van der Waals surface area (Å²) in [4.78, 5) is 26.2. The lowest BCUT2D eigenvalue weighted by Crippen LogP contribution is -2.39. The number of carbonyl (C=O) groups is 2. The molecule has 0 bridgehead atoms. The van der Waals surface area contributed by atoms with Crippen molar-refractivity contribution >= 4 is 11.8 Å². The quantitative estimate of drug-likeness (QED) is 0.863. The van der Waals surface area contributed by atoms with Crippen molar-refractivity contribution in [3.8, 4) is 5.75 Å². The highest BCUT2D eigenvalue weighted by Crippen LogP contribution is 2.29. The van der Waals surface area contributed by atoms with Crippen LogP contribution in [0.4, 0.5) is 0 Å².